The molecule has 2 aromatic rings. The molecular formula is C16H22N4O2S. The Balaban J connectivity index is 1.94. The van der Waals surface area contributed by atoms with Crippen LogP contribution in [0.3, 0.4) is 0 Å². The van der Waals surface area contributed by atoms with Crippen molar-refractivity contribution in [2.75, 3.05) is 25.0 Å². The lowest BCUT2D eigenvalue weighted by Crippen LogP contribution is -2.34. The second-order valence-corrected chi connectivity index (χ2v) is 6.42. The van der Waals surface area contributed by atoms with Gasteiger partial charge in [0, 0.05) is 30.4 Å². The molecular weight excluding hydrogens is 312 g/mol. The van der Waals surface area contributed by atoms with Crippen molar-refractivity contribution < 1.29 is 9.90 Å². The highest BCUT2D eigenvalue weighted by molar-refractivity contribution is 7.15. The monoisotopic (exact) mass is 334 g/mol. The van der Waals surface area contributed by atoms with E-state index in [0.717, 1.165) is 22.6 Å². The summed E-state index contributed by atoms with van der Waals surface area (Å²) in [5.41, 5.74) is 2.03. The van der Waals surface area contributed by atoms with Crippen molar-refractivity contribution in [3.63, 3.8) is 0 Å². The molecule has 0 spiro atoms. The number of thiazole rings is 1. The van der Waals surface area contributed by atoms with Crippen LogP contribution in [0.2, 0.25) is 0 Å². The molecule has 2 heterocycles. The van der Waals surface area contributed by atoms with Gasteiger partial charge in [0.25, 0.3) is 0 Å². The summed E-state index contributed by atoms with van der Waals surface area (Å²) in [5, 5.41) is 12.7. The van der Waals surface area contributed by atoms with E-state index < -0.39 is 0 Å². The zero-order valence-corrected chi connectivity index (χ0v) is 14.3. The summed E-state index contributed by atoms with van der Waals surface area (Å²) in [4.78, 5) is 23.7. The van der Waals surface area contributed by atoms with Gasteiger partial charge in [0.05, 0.1) is 18.8 Å². The number of carbonyl (C=O) groups excluding carboxylic acids is 1. The van der Waals surface area contributed by atoms with E-state index in [9.17, 15) is 9.90 Å². The Bertz CT molecular complexity index is 630. The standard InChI is InChI=1S/C16H22N4O2S/c1-3-14-12(2)23-16(18-14)19-15(22)11-20(7-8-21)10-13-5-4-6-17-9-13/h4-6,9,21H,3,7-8,10-11H2,1-2H3,(H,18,19,22). The molecule has 0 bridgehead atoms. The number of nitrogens with zero attached hydrogens (tertiary/aromatic N) is 3. The first kappa shape index (κ1) is 17.5. The average molecular weight is 334 g/mol. The highest BCUT2D eigenvalue weighted by Crippen LogP contribution is 2.22. The van der Waals surface area contributed by atoms with Crippen molar-refractivity contribution >= 4 is 22.4 Å². The number of hydrogen-bond donors (Lipinski definition) is 2. The van der Waals surface area contributed by atoms with Crippen LogP contribution in [0.25, 0.3) is 0 Å². The van der Waals surface area contributed by atoms with Gasteiger partial charge in [-0.15, -0.1) is 11.3 Å². The van der Waals surface area contributed by atoms with Gasteiger partial charge in [0.2, 0.25) is 5.91 Å². The Morgan fingerprint density at radius 1 is 1.48 bits per heavy atom. The van der Waals surface area contributed by atoms with Gasteiger partial charge in [0.1, 0.15) is 0 Å². The number of carbonyl (C=O) groups is 1. The predicted octanol–water partition coefficient (Wildman–Crippen LogP) is 1.84. The second kappa shape index (κ2) is 8.71. The summed E-state index contributed by atoms with van der Waals surface area (Å²) in [7, 11) is 0. The van der Waals surface area contributed by atoms with Gasteiger partial charge in [-0.3, -0.25) is 14.7 Å². The SMILES string of the molecule is CCc1nc(NC(=O)CN(CCO)Cc2cccnc2)sc1C. The first-order valence-electron chi connectivity index (χ1n) is 7.60. The molecule has 2 rings (SSSR count). The van der Waals surface area contributed by atoms with Crippen molar-refractivity contribution in [2.24, 2.45) is 0 Å². The fraction of sp³-hybridized carbons (Fsp3) is 0.438. The molecule has 7 heteroatoms. The molecule has 6 nitrogen and oxygen atoms in total. The van der Waals surface area contributed by atoms with E-state index in [1.165, 1.54) is 11.3 Å². The van der Waals surface area contributed by atoms with E-state index in [1.54, 1.807) is 12.4 Å². The van der Waals surface area contributed by atoms with Gasteiger partial charge < -0.3 is 10.4 Å². The minimum atomic E-state index is -0.126. The molecule has 0 fully saturated rings. The Morgan fingerprint density at radius 3 is 2.91 bits per heavy atom. The molecule has 0 saturated heterocycles. The van der Waals surface area contributed by atoms with Gasteiger partial charge in [-0.25, -0.2) is 4.98 Å². The van der Waals surface area contributed by atoms with Crippen molar-refractivity contribution in [1.29, 1.82) is 0 Å². The third-order valence-corrected chi connectivity index (χ3v) is 4.31. The molecule has 0 aliphatic rings. The number of hydrogen-bond acceptors (Lipinski definition) is 6. The maximum atomic E-state index is 12.2. The number of rotatable bonds is 8. The van der Waals surface area contributed by atoms with E-state index in [1.807, 2.05) is 30.9 Å². The fourth-order valence-electron chi connectivity index (χ4n) is 2.28. The molecule has 0 radical (unpaired) electrons. The van der Waals surface area contributed by atoms with E-state index in [4.69, 9.17) is 0 Å². The molecule has 0 unspecified atom stereocenters. The minimum absolute atomic E-state index is 0.00385. The van der Waals surface area contributed by atoms with Gasteiger partial charge in [-0.05, 0) is 25.0 Å². The first-order valence-corrected chi connectivity index (χ1v) is 8.42. The van der Waals surface area contributed by atoms with Crippen LogP contribution in [0.15, 0.2) is 24.5 Å². The molecule has 2 aromatic heterocycles. The largest absolute Gasteiger partial charge is 0.395 e. The lowest BCUT2D eigenvalue weighted by atomic mass is 10.2. The zero-order valence-electron chi connectivity index (χ0n) is 13.5. The molecule has 0 aliphatic heterocycles. The van der Waals surface area contributed by atoms with E-state index in [0.29, 0.717) is 18.2 Å². The second-order valence-electron chi connectivity index (χ2n) is 5.22. The molecule has 124 valence electrons. The summed E-state index contributed by atoms with van der Waals surface area (Å²) < 4.78 is 0. The lowest BCUT2D eigenvalue weighted by Gasteiger charge is -2.20. The van der Waals surface area contributed by atoms with Crippen LogP contribution in [0, 0.1) is 6.92 Å². The summed E-state index contributed by atoms with van der Waals surface area (Å²) in [6.07, 6.45) is 4.33. The van der Waals surface area contributed by atoms with Crippen LogP contribution in [-0.4, -0.2) is 45.6 Å². The smallest absolute Gasteiger partial charge is 0.240 e. The van der Waals surface area contributed by atoms with Crippen LogP contribution in [0.1, 0.15) is 23.1 Å². The third-order valence-electron chi connectivity index (χ3n) is 3.39. The first-order chi connectivity index (χ1) is 11.1. The van der Waals surface area contributed by atoms with Gasteiger partial charge in [0.15, 0.2) is 5.13 Å². The summed E-state index contributed by atoms with van der Waals surface area (Å²) >= 11 is 1.49. The molecule has 0 atom stereocenters. The maximum absolute atomic E-state index is 12.2. The predicted molar refractivity (Wildman–Crippen MR) is 91.5 cm³/mol. The van der Waals surface area contributed by atoms with Crippen molar-refractivity contribution in [2.45, 2.75) is 26.8 Å². The highest BCUT2D eigenvalue weighted by Gasteiger charge is 2.14. The van der Waals surface area contributed by atoms with Gasteiger partial charge in [-0.2, -0.15) is 0 Å². The van der Waals surface area contributed by atoms with Gasteiger partial charge in [-0.1, -0.05) is 13.0 Å². The van der Waals surface area contributed by atoms with Crippen LogP contribution in [0.5, 0.6) is 0 Å². The minimum Gasteiger partial charge on any atom is -0.395 e. The summed E-state index contributed by atoms with van der Waals surface area (Å²) in [6.45, 7) is 5.26. The molecule has 2 N–H and O–H groups in total. The quantitative estimate of drug-likeness (QED) is 0.770. The number of amides is 1. The normalized spacial score (nSPS) is 11.0. The Hall–Kier alpha value is -1.83. The topological polar surface area (TPSA) is 78.4 Å². The van der Waals surface area contributed by atoms with E-state index >= 15 is 0 Å². The zero-order chi connectivity index (χ0) is 16.7. The number of aryl methyl sites for hydroxylation is 2. The summed E-state index contributed by atoms with van der Waals surface area (Å²) in [6, 6.07) is 3.81. The van der Waals surface area contributed by atoms with Crippen molar-refractivity contribution in [1.82, 2.24) is 14.9 Å². The number of anilines is 1. The molecule has 1 amide bonds. The number of aliphatic hydroxyl groups is 1. The van der Waals surface area contributed by atoms with E-state index in [-0.39, 0.29) is 19.1 Å². The molecule has 0 aliphatic carbocycles. The van der Waals surface area contributed by atoms with Crippen LogP contribution in [0.4, 0.5) is 5.13 Å². The molecule has 0 aromatic carbocycles. The van der Waals surface area contributed by atoms with Gasteiger partial charge >= 0.3 is 0 Å². The number of aromatic nitrogens is 2. The van der Waals surface area contributed by atoms with Crippen molar-refractivity contribution in [3.05, 3.63) is 40.7 Å². The summed E-state index contributed by atoms with van der Waals surface area (Å²) in [5.74, 6) is -0.126. The third kappa shape index (κ3) is 5.38. The van der Waals surface area contributed by atoms with Crippen LogP contribution in [-0.2, 0) is 17.8 Å². The Labute approximate surface area is 140 Å². The fourth-order valence-corrected chi connectivity index (χ4v) is 3.20. The average Bonchev–Trinajstić information content (AvgIpc) is 2.88. The van der Waals surface area contributed by atoms with Crippen molar-refractivity contribution in [3.8, 4) is 0 Å². The number of nitrogens with one attached hydrogen (secondary N) is 1. The number of pyridine rings is 1. The molecule has 23 heavy (non-hydrogen) atoms. The number of aliphatic hydroxyl groups excluding tert-OH is 1. The lowest BCUT2D eigenvalue weighted by molar-refractivity contribution is -0.117. The van der Waals surface area contributed by atoms with Crippen LogP contribution < -0.4 is 5.32 Å². The van der Waals surface area contributed by atoms with Crippen LogP contribution >= 0.6 is 11.3 Å². The van der Waals surface area contributed by atoms with E-state index in [2.05, 4.69) is 15.3 Å². The maximum Gasteiger partial charge on any atom is 0.240 e. The Morgan fingerprint density at radius 2 is 2.30 bits per heavy atom. The Kier molecular flexibility index (Phi) is 6.64. The highest BCUT2D eigenvalue weighted by atomic mass is 32.1. The molecule has 0 saturated carbocycles.